The minimum absolute atomic E-state index is 0. The van der Waals surface area contributed by atoms with Gasteiger partial charge >= 0.3 is 0 Å². The van der Waals surface area contributed by atoms with Gasteiger partial charge in [0.15, 0.2) is 11.5 Å². The van der Waals surface area contributed by atoms with Crippen molar-refractivity contribution in [2.24, 2.45) is 0 Å². The van der Waals surface area contributed by atoms with Crippen molar-refractivity contribution in [1.82, 2.24) is 10.2 Å². The van der Waals surface area contributed by atoms with Gasteiger partial charge in [0.2, 0.25) is 0 Å². The Kier molecular flexibility index (Phi) is 10.4. The van der Waals surface area contributed by atoms with Crippen LogP contribution < -0.4 is 19.5 Å². The van der Waals surface area contributed by atoms with E-state index in [1.54, 1.807) is 21.3 Å². The van der Waals surface area contributed by atoms with Gasteiger partial charge in [0.05, 0.1) is 21.3 Å². The van der Waals surface area contributed by atoms with E-state index < -0.39 is 0 Å². The summed E-state index contributed by atoms with van der Waals surface area (Å²) < 4.78 is 16.4. The molecule has 23 heavy (non-hydrogen) atoms. The van der Waals surface area contributed by atoms with Gasteiger partial charge < -0.3 is 19.5 Å². The molecule has 1 aliphatic rings. The Labute approximate surface area is 151 Å². The quantitative estimate of drug-likeness (QED) is 0.838. The zero-order valence-corrected chi connectivity index (χ0v) is 15.9. The zero-order valence-electron chi connectivity index (χ0n) is 14.3. The molecule has 134 valence electrons. The molecule has 0 saturated carbocycles. The highest BCUT2D eigenvalue weighted by molar-refractivity contribution is 5.85. The summed E-state index contributed by atoms with van der Waals surface area (Å²) in [5.74, 6) is 2.31. The summed E-state index contributed by atoms with van der Waals surface area (Å²) >= 11 is 0. The number of methoxy groups -OCH3 is 3. The molecular weight excluding hydrogens is 339 g/mol. The molecular formula is C16H28Cl2N2O3. The van der Waals surface area contributed by atoms with Crippen LogP contribution in [0.3, 0.4) is 0 Å². The minimum atomic E-state index is 0. The summed E-state index contributed by atoms with van der Waals surface area (Å²) in [7, 11) is 5.01. The van der Waals surface area contributed by atoms with Gasteiger partial charge in [-0.1, -0.05) is 6.92 Å². The van der Waals surface area contributed by atoms with E-state index >= 15 is 0 Å². The van der Waals surface area contributed by atoms with Gasteiger partial charge in [0, 0.05) is 43.9 Å². The SMILES string of the molecule is CC[C@@H](c1cc(OC)c(OC)cc1OC)N1CCNCC1.Cl.Cl. The van der Waals surface area contributed by atoms with Crippen molar-refractivity contribution in [3.05, 3.63) is 17.7 Å². The van der Waals surface area contributed by atoms with Crippen molar-refractivity contribution in [3.8, 4) is 17.2 Å². The van der Waals surface area contributed by atoms with Crippen LogP contribution in [0.5, 0.6) is 17.2 Å². The third-order valence-corrected chi connectivity index (χ3v) is 4.07. The number of nitrogens with one attached hydrogen (secondary N) is 1. The van der Waals surface area contributed by atoms with Crippen molar-refractivity contribution in [2.75, 3.05) is 47.5 Å². The molecule has 0 radical (unpaired) electrons. The standard InChI is InChI=1S/C16H26N2O3.2ClH/c1-5-13(18-8-6-17-7-9-18)12-10-15(20-3)16(21-4)11-14(12)19-2;;/h10-11,13,17H,5-9H2,1-4H3;2*1H/t13-;;/m0../s1. The van der Waals surface area contributed by atoms with E-state index in [0.29, 0.717) is 11.8 Å². The van der Waals surface area contributed by atoms with Crippen LogP contribution in [0.1, 0.15) is 24.9 Å². The Bertz CT molecular complexity index is 469. The lowest BCUT2D eigenvalue weighted by molar-refractivity contribution is 0.166. The molecule has 1 aromatic rings. The normalized spacial score (nSPS) is 15.8. The molecule has 7 heteroatoms. The molecule has 0 aliphatic carbocycles. The maximum absolute atomic E-state index is 5.58. The maximum atomic E-state index is 5.58. The first-order chi connectivity index (χ1) is 10.2. The Morgan fingerprint density at radius 1 is 0.957 bits per heavy atom. The average molecular weight is 367 g/mol. The predicted molar refractivity (Wildman–Crippen MR) is 98.1 cm³/mol. The first-order valence-electron chi connectivity index (χ1n) is 7.49. The molecule has 0 spiro atoms. The highest BCUT2D eigenvalue weighted by Gasteiger charge is 2.25. The number of halogens is 2. The molecule has 5 nitrogen and oxygen atoms in total. The summed E-state index contributed by atoms with van der Waals surface area (Å²) in [6.07, 6.45) is 1.03. The van der Waals surface area contributed by atoms with Crippen LogP contribution in [0.15, 0.2) is 12.1 Å². The van der Waals surface area contributed by atoms with Crippen molar-refractivity contribution in [1.29, 1.82) is 0 Å². The second kappa shape index (κ2) is 10.8. The topological polar surface area (TPSA) is 43.0 Å². The summed E-state index contributed by atoms with van der Waals surface area (Å²) in [6, 6.07) is 4.30. The highest BCUT2D eigenvalue weighted by Crippen LogP contribution is 2.40. The van der Waals surface area contributed by atoms with Gasteiger partial charge in [-0.2, -0.15) is 0 Å². The largest absolute Gasteiger partial charge is 0.496 e. The number of ether oxygens (including phenoxy) is 3. The Morgan fingerprint density at radius 3 is 1.96 bits per heavy atom. The second-order valence-electron chi connectivity index (χ2n) is 5.16. The zero-order chi connectivity index (χ0) is 15.2. The van der Waals surface area contributed by atoms with Gasteiger partial charge in [-0.25, -0.2) is 0 Å². The van der Waals surface area contributed by atoms with Crippen molar-refractivity contribution >= 4 is 24.8 Å². The van der Waals surface area contributed by atoms with Crippen LogP contribution in [0.2, 0.25) is 0 Å². The van der Waals surface area contributed by atoms with E-state index in [4.69, 9.17) is 14.2 Å². The summed E-state index contributed by atoms with van der Waals surface area (Å²) in [5, 5.41) is 3.40. The molecule has 1 saturated heterocycles. The lowest BCUT2D eigenvalue weighted by atomic mass is 10.00. The number of hydrogen-bond acceptors (Lipinski definition) is 5. The Morgan fingerprint density at radius 2 is 1.48 bits per heavy atom. The van der Waals surface area contributed by atoms with Gasteiger partial charge in [-0.05, 0) is 12.5 Å². The fourth-order valence-corrected chi connectivity index (χ4v) is 2.98. The Balaban J connectivity index is 0.00000242. The number of hydrogen-bond donors (Lipinski definition) is 1. The van der Waals surface area contributed by atoms with Crippen LogP contribution in [0.4, 0.5) is 0 Å². The summed E-state index contributed by atoms with van der Waals surface area (Å²) in [6.45, 7) is 6.38. The Hall–Kier alpha value is -0.880. The molecule has 2 rings (SSSR count). The molecule has 1 aliphatic heterocycles. The van der Waals surface area contributed by atoms with E-state index in [-0.39, 0.29) is 24.8 Å². The molecule has 0 aromatic heterocycles. The van der Waals surface area contributed by atoms with Crippen molar-refractivity contribution in [2.45, 2.75) is 19.4 Å². The summed E-state index contributed by atoms with van der Waals surface area (Å²) in [5.41, 5.74) is 1.17. The van der Waals surface area contributed by atoms with Gasteiger partial charge in [0.1, 0.15) is 5.75 Å². The predicted octanol–water partition coefficient (Wildman–Crippen LogP) is 2.91. The third kappa shape index (κ3) is 5.05. The molecule has 1 aromatic carbocycles. The molecule has 0 amide bonds. The molecule has 0 bridgehead atoms. The smallest absolute Gasteiger partial charge is 0.164 e. The first kappa shape index (κ1) is 22.1. The summed E-state index contributed by atoms with van der Waals surface area (Å²) in [4.78, 5) is 2.50. The van der Waals surface area contributed by atoms with Crippen LogP contribution in [-0.2, 0) is 0 Å². The third-order valence-electron chi connectivity index (χ3n) is 4.07. The fraction of sp³-hybridized carbons (Fsp3) is 0.625. The average Bonchev–Trinajstić information content (AvgIpc) is 2.56. The van der Waals surface area contributed by atoms with Crippen LogP contribution in [-0.4, -0.2) is 52.4 Å². The van der Waals surface area contributed by atoms with Crippen LogP contribution >= 0.6 is 24.8 Å². The van der Waals surface area contributed by atoms with Crippen molar-refractivity contribution in [3.63, 3.8) is 0 Å². The maximum Gasteiger partial charge on any atom is 0.164 e. The molecule has 0 unspecified atom stereocenters. The van der Waals surface area contributed by atoms with E-state index in [0.717, 1.165) is 44.1 Å². The minimum Gasteiger partial charge on any atom is -0.496 e. The number of piperazine rings is 1. The van der Waals surface area contributed by atoms with E-state index in [1.807, 2.05) is 12.1 Å². The van der Waals surface area contributed by atoms with Crippen molar-refractivity contribution < 1.29 is 14.2 Å². The number of benzene rings is 1. The van der Waals surface area contributed by atoms with E-state index in [1.165, 1.54) is 5.56 Å². The highest BCUT2D eigenvalue weighted by atomic mass is 35.5. The number of nitrogens with zero attached hydrogens (tertiary/aromatic N) is 1. The fourth-order valence-electron chi connectivity index (χ4n) is 2.98. The molecule has 1 N–H and O–H groups in total. The molecule has 1 fully saturated rings. The molecule has 1 heterocycles. The number of rotatable bonds is 6. The van der Waals surface area contributed by atoms with Gasteiger partial charge in [-0.15, -0.1) is 24.8 Å². The van der Waals surface area contributed by atoms with Crippen LogP contribution in [0.25, 0.3) is 0 Å². The lowest BCUT2D eigenvalue weighted by Gasteiger charge is -2.35. The van der Waals surface area contributed by atoms with Gasteiger partial charge in [-0.3, -0.25) is 4.90 Å². The van der Waals surface area contributed by atoms with E-state index in [2.05, 4.69) is 17.1 Å². The van der Waals surface area contributed by atoms with Gasteiger partial charge in [0.25, 0.3) is 0 Å². The first-order valence-corrected chi connectivity index (χ1v) is 7.49. The van der Waals surface area contributed by atoms with E-state index in [9.17, 15) is 0 Å². The monoisotopic (exact) mass is 366 g/mol. The molecule has 1 atom stereocenters. The second-order valence-corrected chi connectivity index (χ2v) is 5.16. The van der Waals surface area contributed by atoms with Crippen LogP contribution in [0, 0.1) is 0 Å². The lowest BCUT2D eigenvalue weighted by Crippen LogP contribution is -2.45.